The van der Waals surface area contributed by atoms with Crippen LogP contribution in [-0.2, 0) is 12.8 Å². The lowest BCUT2D eigenvalue weighted by molar-refractivity contribution is 0.169. The van der Waals surface area contributed by atoms with Crippen molar-refractivity contribution in [2.24, 2.45) is 0 Å². The van der Waals surface area contributed by atoms with Crippen molar-refractivity contribution in [2.75, 3.05) is 6.54 Å². The van der Waals surface area contributed by atoms with Gasteiger partial charge in [0.2, 0.25) is 0 Å². The molecule has 2 aromatic carbocycles. The molecule has 0 aliphatic heterocycles. The maximum absolute atomic E-state index is 13.4. The second-order valence-corrected chi connectivity index (χ2v) is 5.88. The number of aliphatic hydroxyl groups excluding tert-OH is 1. The zero-order valence-corrected chi connectivity index (χ0v) is 12.3. The first-order valence-electron chi connectivity index (χ1n) is 7.06. The molecule has 1 aliphatic carbocycles. The molecule has 0 amide bonds. The van der Waals surface area contributed by atoms with E-state index in [0.29, 0.717) is 18.2 Å². The highest BCUT2D eigenvalue weighted by Crippen LogP contribution is 2.23. The minimum absolute atomic E-state index is 0.0742. The van der Waals surface area contributed by atoms with Crippen molar-refractivity contribution >= 4 is 11.6 Å². The highest BCUT2D eigenvalue weighted by atomic mass is 35.5. The summed E-state index contributed by atoms with van der Waals surface area (Å²) in [7, 11) is 0. The first-order valence-corrected chi connectivity index (χ1v) is 7.44. The van der Waals surface area contributed by atoms with Gasteiger partial charge in [-0.15, -0.1) is 0 Å². The van der Waals surface area contributed by atoms with Gasteiger partial charge < -0.3 is 10.4 Å². The standard InChI is InChI=1S/C17H17ClFNO/c18-15-6-5-13(9-16(15)19)17(21)10-20-14-7-11-3-1-2-4-12(11)8-14/h1-6,9,14,17,20-21H,7-8,10H2. The van der Waals surface area contributed by atoms with E-state index in [1.807, 2.05) is 12.1 Å². The van der Waals surface area contributed by atoms with Crippen molar-refractivity contribution in [2.45, 2.75) is 25.0 Å². The van der Waals surface area contributed by atoms with Crippen molar-refractivity contribution in [3.63, 3.8) is 0 Å². The van der Waals surface area contributed by atoms with E-state index in [1.54, 1.807) is 6.07 Å². The normalized spacial score (nSPS) is 16.0. The number of halogens is 2. The second-order valence-electron chi connectivity index (χ2n) is 5.47. The van der Waals surface area contributed by atoms with Crippen LogP contribution in [-0.4, -0.2) is 17.7 Å². The average Bonchev–Trinajstić information content (AvgIpc) is 2.90. The largest absolute Gasteiger partial charge is 0.387 e. The minimum Gasteiger partial charge on any atom is -0.387 e. The molecule has 0 saturated carbocycles. The fourth-order valence-electron chi connectivity index (χ4n) is 2.82. The van der Waals surface area contributed by atoms with E-state index >= 15 is 0 Å². The lowest BCUT2D eigenvalue weighted by Crippen LogP contribution is -2.33. The fraction of sp³-hybridized carbons (Fsp3) is 0.294. The van der Waals surface area contributed by atoms with Crippen molar-refractivity contribution < 1.29 is 9.50 Å². The summed E-state index contributed by atoms with van der Waals surface area (Å²) in [5.41, 5.74) is 3.27. The van der Waals surface area contributed by atoms with Crippen LogP contribution in [0, 0.1) is 5.82 Å². The number of benzene rings is 2. The van der Waals surface area contributed by atoms with E-state index in [1.165, 1.54) is 23.3 Å². The molecule has 0 spiro atoms. The Kier molecular flexibility index (Phi) is 4.24. The molecule has 0 saturated heterocycles. The van der Waals surface area contributed by atoms with Crippen LogP contribution in [0.1, 0.15) is 22.8 Å². The third-order valence-electron chi connectivity index (χ3n) is 3.98. The molecule has 1 unspecified atom stereocenters. The van der Waals surface area contributed by atoms with E-state index in [2.05, 4.69) is 17.4 Å². The molecule has 1 aliphatic rings. The highest BCUT2D eigenvalue weighted by molar-refractivity contribution is 6.30. The first-order chi connectivity index (χ1) is 10.1. The monoisotopic (exact) mass is 305 g/mol. The van der Waals surface area contributed by atoms with Gasteiger partial charge in [0.25, 0.3) is 0 Å². The Morgan fingerprint density at radius 1 is 1.19 bits per heavy atom. The number of nitrogens with one attached hydrogen (secondary N) is 1. The lowest BCUT2D eigenvalue weighted by Gasteiger charge is -2.16. The van der Waals surface area contributed by atoms with E-state index in [9.17, 15) is 9.50 Å². The Bertz CT molecular complexity index is 621. The van der Waals surface area contributed by atoms with Gasteiger partial charge in [0.1, 0.15) is 5.82 Å². The lowest BCUT2D eigenvalue weighted by atomic mass is 10.1. The zero-order valence-electron chi connectivity index (χ0n) is 11.5. The van der Waals surface area contributed by atoms with E-state index in [-0.39, 0.29) is 5.02 Å². The predicted molar refractivity (Wildman–Crippen MR) is 82.0 cm³/mol. The number of hydrogen-bond acceptors (Lipinski definition) is 2. The molecule has 3 rings (SSSR count). The maximum atomic E-state index is 13.4. The predicted octanol–water partition coefficient (Wildman–Crippen LogP) is 3.27. The molecule has 0 radical (unpaired) electrons. The van der Waals surface area contributed by atoms with Gasteiger partial charge in [0.15, 0.2) is 0 Å². The molecule has 0 aromatic heterocycles. The van der Waals surface area contributed by atoms with Gasteiger partial charge in [-0.25, -0.2) is 4.39 Å². The van der Waals surface area contributed by atoms with Crippen molar-refractivity contribution in [1.82, 2.24) is 5.32 Å². The summed E-state index contributed by atoms with van der Waals surface area (Å²) in [6.07, 6.45) is 1.20. The van der Waals surface area contributed by atoms with E-state index in [4.69, 9.17) is 11.6 Å². The highest BCUT2D eigenvalue weighted by Gasteiger charge is 2.21. The molecule has 21 heavy (non-hydrogen) atoms. The summed E-state index contributed by atoms with van der Waals surface area (Å²) < 4.78 is 13.4. The molecule has 0 bridgehead atoms. The Morgan fingerprint density at radius 3 is 2.48 bits per heavy atom. The van der Waals surface area contributed by atoms with Crippen molar-refractivity contribution in [3.8, 4) is 0 Å². The fourth-order valence-corrected chi connectivity index (χ4v) is 2.94. The SMILES string of the molecule is OC(CNC1Cc2ccccc2C1)c1ccc(Cl)c(F)c1. The number of hydrogen-bond donors (Lipinski definition) is 2. The Hall–Kier alpha value is -1.42. The van der Waals surface area contributed by atoms with Crippen LogP contribution in [0.4, 0.5) is 4.39 Å². The van der Waals surface area contributed by atoms with Gasteiger partial charge in [0, 0.05) is 12.6 Å². The molecular weight excluding hydrogens is 289 g/mol. The second kappa shape index (κ2) is 6.14. The summed E-state index contributed by atoms with van der Waals surface area (Å²) in [5.74, 6) is -0.499. The van der Waals surface area contributed by atoms with Crippen LogP contribution >= 0.6 is 11.6 Å². The summed E-state index contributed by atoms with van der Waals surface area (Å²) in [6, 6.07) is 13.1. The molecule has 1 atom stereocenters. The van der Waals surface area contributed by atoms with E-state index < -0.39 is 11.9 Å². The number of aliphatic hydroxyl groups is 1. The van der Waals surface area contributed by atoms with Crippen LogP contribution in [0.15, 0.2) is 42.5 Å². The van der Waals surface area contributed by atoms with Crippen molar-refractivity contribution in [3.05, 3.63) is 70.0 Å². The van der Waals surface area contributed by atoms with Crippen LogP contribution in [0.3, 0.4) is 0 Å². The van der Waals surface area contributed by atoms with Gasteiger partial charge in [-0.05, 0) is 41.7 Å². The number of fused-ring (bicyclic) bond motifs is 1. The van der Waals surface area contributed by atoms with Crippen LogP contribution in [0.5, 0.6) is 0 Å². The molecule has 0 heterocycles. The third-order valence-corrected chi connectivity index (χ3v) is 4.29. The molecule has 4 heteroatoms. The summed E-state index contributed by atoms with van der Waals surface area (Å²) >= 11 is 5.65. The molecular formula is C17H17ClFNO. The molecule has 2 N–H and O–H groups in total. The smallest absolute Gasteiger partial charge is 0.142 e. The minimum atomic E-state index is -0.736. The van der Waals surface area contributed by atoms with Gasteiger partial charge >= 0.3 is 0 Å². The van der Waals surface area contributed by atoms with Gasteiger partial charge in [-0.2, -0.15) is 0 Å². The molecule has 2 aromatic rings. The molecule has 2 nitrogen and oxygen atoms in total. The maximum Gasteiger partial charge on any atom is 0.142 e. The summed E-state index contributed by atoms with van der Waals surface area (Å²) in [6.45, 7) is 0.403. The Labute approximate surface area is 128 Å². The quantitative estimate of drug-likeness (QED) is 0.908. The van der Waals surface area contributed by atoms with E-state index in [0.717, 1.165) is 12.8 Å². The molecule has 110 valence electrons. The van der Waals surface area contributed by atoms with Crippen LogP contribution in [0.25, 0.3) is 0 Å². The first kappa shape index (κ1) is 14.5. The summed E-state index contributed by atoms with van der Waals surface area (Å²) in [4.78, 5) is 0. The third kappa shape index (κ3) is 3.26. The zero-order chi connectivity index (χ0) is 14.8. The molecule has 0 fully saturated rings. The van der Waals surface area contributed by atoms with Gasteiger partial charge in [-0.3, -0.25) is 0 Å². The summed E-state index contributed by atoms with van der Waals surface area (Å²) in [5, 5.41) is 13.6. The topological polar surface area (TPSA) is 32.3 Å². The van der Waals surface area contributed by atoms with Crippen LogP contribution < -0.4 is 5.32 Å². The Morgan fingerprint density at radius 2 is 1.86 bits per heavy atom. The van der Waals surface area contributed by atoms with Crippen LogP contribution in [0.2, 0.25) is 5.02 Å². The average molecular weight is 306 g/mol. The van der Waals surface area contributed by atoms with Gasteiger partial charge in [0.05, 0.1) is 11.1 Å². The van der Waals surface area contributed by atoms with Crippen molar-refractivity contribution in [1.29, 1.82) is 0 Å². The Balaban J connectivity index is 1.57. The van der Waals surface area contributed by atoms with Gasteiger partial charge in [-0.1, -0.05) is 41.9 Å². The number of rotatable bonds is 4.